The molecule has 128 valence electrons. The van der Waals surface area contributed by atoms with Gasteiger partial charge in [0.2, 0.25) is 0 Å². The highest BCUT2D eigenvalue weighted by atomic mass is 15.0. The largest absolute Gasteiger partial charge is 0.370 e. The Morgan fingerprint density at radius 3 is 1.88 bits per heavy atom. The Morgan fingerprint density at radius 1 is 0.917 bits per heavy atom. The Bertz CT molecular complexity index is 666. The first kappa shape index (κ1) is 18.0. The van der Waals surface area contributed by atoms with Crippen molar-refractivity contribution < 1.29 is 0 Å². The summed E-state index contributed by atoms with van der Waals surface area (Å²) < 4.78 is 0. The van der Waals surface area contributed by atoms with Crippen molar-refractivity contribution >= 4 is 5.96 Å². The fourth-order valence-electron chi connectivity index (χ4n) is 2.27. The molecular formula is C20H28N4. The Hall–Kier alpha value is -2.33. The van der Waals surface area contributed by atoms with E-state index in [2.05, 4.69) is 79.6 Å². The van der Waals surface area contributed by atoms with Crippen molar-refractivity contribution in [2.24, 2.45) is 16.5 Å². The van der Waals surface area contributed by atoms with Crippen LogP contribution in [0.4, 0.5) is 0 Å². The minimum Gasteiger partial charge on any atom is -0.370 e. The third kappa shape index (κ3) is 5.39. The van der Waals surface area contributed by atoms with E-state index in [1.165, 1.54) is 16.7 Å². The molecule has 0 aromatic heterocycles. The standard InChI is InChI=1S/C20H28N4/c1-4-20(2,3)24-14-16-7-11-18(12-8-16)17-9-5-15(6-10-17)13-23-19(21)22/h5-12,24H,4,13-14H2,1-3H3,(H4,21,22,23). The topological polar surface area (TPSA) is 76.4 Å². The van der Waals surface area contributed by atoms with Crippen molar-refractivity contribution in [3.05, 3.63) is 59.7 Å². The summed E-state index contributed by atoms with van der Waals surface area (Å²) in [6.45, 7) is 8.06. The maximum absolute atomic E-state index is 5.36. The van der Waals surface area contributed by atoms with Crippen molar-refractivity contribution in [3.8, 4) is 11.1 Å². The lowest BCUT2D eigenvalue weighted by molar-refractivity contribution is 0.374. The lowest BCUT2D eigenvalue weighted by atomic mass is 10.0. The van der Waals surface area contributed by atoms with Crippen LogP contribution in [-0.4, -0.2) is 11.5 Å². The first-order valence-electron chi connectivity index (χ1n) is 8.38. The molecule has 24 heavy (non-hydrogen) atoms. The SMILES string of the molecule is CCC(C)(C)NCc1ccc(-c2ccc(CN=C(N)N)cc2)cc1. The summed E-state index contributed by atoms with van der Waals surface area (Å²) in [6.07, 6.45) is 1.11. The van der Waals surface area contributed by atoms with E-state index >= 15 is 0 Å². The second-order valence-corrected chi connectivity index (χ2v) is 6.73. The fourth-order valence-corrected chi connectivity index (χ4v) is 2.27. The van der Waals surface area contributed by atoms with Crippen molar-refractivity contribution in [1.82, 2.24) is 5.32 Å². The summed E-state index contributed by atoms with van der Waals surface area (Å²) in [4.78, 5) is 4.02. The van der Waals surface area contributed by atoms with E-state index in [9.17, 15) is 0 Å². The van der Waals surface area contributed by atoms with Crippen LogP contribution in [0.1, 0.15) is 38.3 Å². The lowest BCUT2D eigenvalue weighted by Crippen LogP contribution is -2.37. The van der Waals surface area contributed by atoms with Gasteiger partial charge in [0.05, 0.1) is 6.54 Å². The molecule has 4 nitrogen and oxygen atoms in total. The van der Waals surface area contributed by atoms with Gasteiger partial charge >= 0.3 is 0 Å². The van der Waals surface area contributed by atoms with Gasteiger partial charge in [-0.1, -0.05) is 55.5 Å². The zero-order chi connectivity index (χ0) is 17.6. The molecule has 0 aliphatic carbocycles. The van der Waals surface area contributed by atoms with E-state index in [0.29, 0.717) is 6.54 Å². The number of nitrogens with zero attached hydrogens (tertiary/aromatic N) is 1. The second-order valence-electron chi connectivity index (χ2n) is 6.73. The van der Waals surface area contributed by atoms with Crippen LogP contribution in [0.15, 0.2) is 53.5 Å². The first-order chi connectivity index (χ1) is 11.4. The van der Waals surface area contributed by atoms with Gasteiger partial charge < -0.3 is 16.8 Å². The zero-order valence-electron chi connectivity index (χ0n) is 14.8. The molecule has 5 N–H and O–H groups in total. The highest BCUT2D eigenvalue weighted by Gasteiger charge is 2.13. The number of aliphatic imine (C=N–C) groups is 1. The Morgan fingerprint density at radius 2 is 1.42 bits per heavy atom. The number of hydrogen-bond acceptors (Lipinski definition) is 2. The molecule has 2 rings (SSSR count). The normalized spacial score (nSPS) is 11.3. The maximum atomic E-state index is 5.36. The molecule has 2 aromatic rings. The van der Waals surface area contributed by atoms with Crippen LogP contribution < -0.4 is 16.8 Å². The summed E-state index contributed by atoms with van der Waals surface area (Å²) in [5.41, 5.74) is 15.7. The molecule has 0 saturated carbocycles. The average Bonchev–Trinajstić information content (AvgIpc) is 2.59. The molecule has 0 heterocycles. The molecule has 0 unspecified atom stereocenters. The van der Waals surface area contributed by atoms with Crippen LogP contribution in [0.5, 0.6) is 0 Å². The Kier molecular flexibility index (Phi) is 5.99. The van der Waals surface area contributed by atoms with Crippen LogP contribution in [0.25, 0.3) is 11.1 Å². The molecule has 2 aromatic carbocycles. The predicted octanol–water partition coefficient (Wildman–Crippen LogP) is 3.41. The van der Waals surface area contributed by atoms with Crippen LogP contribution in [-0.2, 0) is 13.1 Å². The van der Waals surface area contributed by atoms with Gasteiger partial charge in [-0.2, -0.15) is 0 Å². The molecule has 0 aliphatic heterocycles. The first-order valence-corrected chi connectivity index (χ1v) is 8.38. The van der Waals surface area contributed by atoms with E-state index in [4.69, 9.17) is 11.5 Å². The highest BCUT2D eigenvalue weighted by molar-refractivity contribution is 5.75. The molecule has 0 fully saturated rings. The van der Waals surface area contributed by atoms with Gasteiger partial charge in [0.1, 0.15) is 0 Å². The van der Waals surface area contributed by atoms with Crippen molar-refractivity contribution in [1.29, 1.82) is 0 Å². The minimum absolute atomic E-state index is 0.120. The summed E-state index contributed by atoms with van der Waals surface area (Å²) in [5.74, 6) is 0.120. The van der Waals surface area contributed by atoms with E-state index in [1.807, 2.05) is 0 Å². The summed E-state index contributed by atoms with van der Waals surface area (Å²) in [6, 6.07) is 17.0. The van der Waals surface area contributed by atoms with E-state index in [1.54, 1.807) is 0 Å². The van der Waals surface area contributed by atoms with Crippen LogP contribution in [0.3, 0.4) is 0 Å². The number of rotatable bonds is 7. The average molecular weight is 324 g/mol. The lowest BCUT2D eigenvalue weighted by Gasteiger charge is -2.24. The predicted molar refractivity (Wildman–Crippen MR) is 103 cm³/mol. The smallest absolute Gasteiger partial charge is 0.186 e. The number of hydrogen-bond donors (Lipinski definition) is 3. The highest BCUT2D eigenvalue weighted by Crippen LogP contribution is 2.21. The summed E-state index contributed by atoms with van der Waals surface area (Å²) in [5, 5.41) is 3.58. The monoisotopic (exact) mass is 324 g/mol. The number of nitrogens with two attached hydrogens (primary N) is 2. The fraction of sp³-hybridized carbons (Fsp3) is 0.350. The zero-order valence-corrected chi connectivity index (χ0v) is 14.8. The van der Waals surface area contributed by atoms with Crippen molar-refractivity contribution in [2.45, 2.75) is 45.8 Å². The molecule has 0 amide bonds. The minimum atomic E-state index is 0.120. The number of guanidine groups is 1. The molecule has 0 aliphatic rings. The number of benzene rings is 2. The molecule has 0 saturated heterocycles. The van der Waals surface area contributed by atoms with Crippen LogP contribution in [0, 0.1) is 0 Å². The van der Waals surface area contributed by atoms with Gasteiger partial charge in [0.25, 0.3) is 0 Å². The van der Waals surface area contributed by atoms with Gasteiger partial charge in [0.15, 0.2) is 5.96 Å². The summed E-state index contributed by atoms with van der Waals surface area (Å²) in [7, 11) is 0. The summed E-state index contributed by atoms with van der Waals surface area (Å²) >= 11 is 0. The molecule has 0 atom stereocenters. The second kappa shape index (κ2) is 7.97. The molecule has 4 heteroatoms. The van der Waals surface area contributed by atoms with E-state index in [0.717, 1.165) is 18.5 Å². The Labute approximate surface area is 145 Å². The third-order valence-corrected chi connectivity index (χ3v) is 4.34. The number of nitrogens with one attached hydrogen (secondary N) is 1. The van der Waals surface area contributed by atoms with Gasteiger partial charge in [-0.25, -0.2) is 4.99 Å². The quantitative estimate of drug-likeness (QED) is 0.539. The van der Waals surface area contributed by atoms with Gasteiger partial charge in [-0.05, 0) is 42.5 Å². The Balaban J connectivity index is 2.01. The van der Waals surface area contributed by atoms with Crippen LogP contribution >= 0.6 is 0 Å². The molecular weight excluding hydrogens is 296 g/mol. The van der Waals surface area contributed by atoms with Crippen molar-refractivity contribution in [2.75, 3.05) is 0 Å². The molecule has 0 bridgehead atoms. The van der Waals surface area contributed by atoms with E-state index in [-0.39, 0.29) is 11.5 Å². The maximum Gasteiger partial charge on any atom is 0.186 e. The third-order valence-electron chi connectivity index (χ3n) is 4.34. The van der Waals surface area contributed by atoms with Gasteiger partial charge in [-0.3, -0.25) is 0 Å². The van der Waals surface area contributed by atoms with Gasteiger partial charge in [-0.15, -0.1) is 0 Å². The molecule has 0 spiro atoms. The van der Waals surface area contributed by atoms with Crippen LogP contribution in [0.2, 0.25) is 0 Å². The molecule has 0 radical (unpaired) electrons. The van der Waals surface area contributed by atoms with Gasteiger partial charge in [0, 0.05) is 12.1 Å². The van der Waals surface area contributed by atoms with E-state index < -0.39 is 0 Å². The van der Waals surface area contributed by atoms with Crippen molar-refractivity contribution in [3.63, 3.8) is 0 Å².